The molecule has 0 amide bonds. The highest BCUT2D eigenvalue weighted by atomic mass is 16.6. The van der Waals surface area contributed by atoms with E-state index >= 15 is 0 Å². The Morgan fingerprint density at radius 1 is 0.559 bits per heavy atom. The van der Waals surface area contributed by atoms with Crippen molar-refractivity contribution >= 4 is 0 Å². The third-order valence-corrected chi connectivity index (χ3v) is 6.50. The van der Waals surface area contributed by atoms with E-state index in [2.05, 4.69) is 41.2 Å². The number of rotatable bonds is 21. The van der Waals surface area contributed by atoms with Gasteiger partial charge in [-0.15, -0.1) is 6.58 Å². The molecule has 0 spiro atoms. The summed E-state index contributed by atoms with van der Waals surface area (Å²) in [6, 6.07) is 0. The molecular weight excluding hydrogens is 432 g/mol. The lowest BCUT2D eigenvalue weighted by Gasteiger charge is -2.53. The van der Waals surface area contributed by atoms with Crippen molar-refractivity contribution in [3.05, 3.63) is 12.7 Å². The van der Waals surface area contributed by atoms with E-state index < -0.39 is 36.1 Å². The van der Waals surface area contributed by atoms with Crippen LogP contribution in [0.3, 0.4) is 0 Å². The second kappa shape index (κ2) is 18.7. The van der Waals surface area contributed by atoms with Crippen molar-refractivity contribution in [2.75, 3.05) is 33.0 Å². The van der Waals surface area contributed by atoms with E-state index in [-0.39, 0.29) is 0 Å². The first-order valence-corrected chi connectivity index (χ1v) is 14.0. The largest absolute Gasteiger partial charge is 0.380 e. The Balaban J connectivity index is 3.40. The normalized spacial score (nSPS) is 29.4. The minimum atomic E-state index is -1.44. The number of unbranched alkanes of at least 4 members (excludes halogenated alkanes) is 5. The van der Waals surface area contributed by atoms with Gasteiger partial charge >= 0.3 is 0 Å². The molecule has 1 N–H and O–H groups in total. The summed E-state index contributed by atoms with van der Waals surface area (Å²) in [5.74, 6) is 0. The van der Waals surface area contributed by atoms with Crippen LogP contribution in [0.5, 0.6) is 0 Å². The summed E-state index contributed by atoms with van der Waals surface area (Å²) in [4.78, 5) is 0. The lowest BCUT2D eigenvalue weighted by molar-refractivity contribution is -0.296. The van der Waals surface area contributed by atoms with Crippen LogP contribution in [-0.4, -0.2) is 74.3 Å². The molecule has 6 heteroatoms. The number of hydrogen-bond acceptors (Lipinski definition) is 6. The molecule has 3 unspecified atom stereocenters. The smallest absolute Gasteiger partial charge is 0.140 e. The topological polar surface area (TPSA) is 66.4 Å². The van der Waals surface area contributed by atoms with E-state index in [0.29, 0.717) is 33.0 Å². The maximum Gasteiger partial charge on any atom is 0.140 e. The summed E-state index contributed by atoms with van der Waals surface area (Å²) >= 11 is 0. The van der Waals surface area contributed by atoms with Gasteiger partial charge in [0.1, 0.15) is 36.1 Å². The quantitative estimate of drug-likeness (QED) is 0.162. The molecule has 1 aliphatic carbocycles. The van der Waals surface area contributed by atoms with Crippen molar-refractivity contribution in [3.63, 3.8) is 0 Å². The van der Waals surface area contributed by atoms with E-state index in [0.717, 1.165) is 64.2 Å². The zero-order chi connectivity index (χ0) is 25.2. The van der Waals surface area contributed by atoms with Crippen LogP contribution in [0.4, 0.5) is 0 Å². The number of ether oxygens (including phenoxy) is 5. The van der Waals surface area contributed by atoms with Crippen LogP contribution in [-0.2, 0) is 23.7 Å². The molecule has 1 aliphatic rings. The predicted octanol–water partition coefficient (Wildman–Crippen LogP) is 5.84. The third kappa shape index (κ3) is 9.51. The molecule has 0 radical (unpaired) electrons. The van der Waals surface area contributed by atoms with Crippen molar-refractivity contribution in [1.82, 2.24) is 0 Å². The molecule has 0 saturated heterocycles. The molecular formula is C28H54O6. The Labute approximate surface area is 209 Å². The van der Waals surface area contributed by atoms with Crippen LogP contribution >= 0.6 is 0 Å². The molecule has 1 fully saturated rings. The minimum Gasteiger partial charge on any atom is -0.380 e. The second-order valence-electron chi connectivity index (χ2n) is 9.45. The second-order valence-corrected chi connectivity index (χ2v) is 9.45. The average Bonchev–Trinajstić information content (AvgIpc) is 2.84. The molecule has 0 aliphatic heterocycles. The highest BCUT2D eigenvalue weighted by molar-refractivity contribution is 5.18. The molecule has 0 bridgehead atoms. The van der Waals surface area contributed by atoms with Crippen molar-refractivity contribution in [2.24, 2.45) is 0 Å². The lowest BCUT2D eigenvalue weighted by Crippen LogP contribution is -2.72. The fraction of sp³-hybridized carbons (Fsp3) is 0.929. The van der Waals surface area contributed by atoms with Gasteiger partial charge in [-0.05, 0) is 32.1 Å². The zero-order valence-corrected chi connectivity index (χ0v) is 22.8. The van der Waals surface area contributed by atoms with Crippen molar-refractivity contribution < 1.29 is 28.8 Å². The van der Waals surface area contributed by atoms with Crippen molar-refractivity contribution in [2.45, 2.75) is 135 Å². The standard InChI is InChI=1S/C28H54O6/c1-7-13-18-30-23-24(31-19-14-8-2)26(33-21-16-10-4)28(29,12-6)27(34-22-17-11-5)25(23)32-20-15-9-3/h12,23-27,29H,6-11,13-22H2,1-5H3/t23-,24?,25?,26+,27?,28-/m1/s1. The molecule has 34 heavy (non-hydrogen) atoms. The van der Waals surface area contributed by atoms with Gasteiger partial charge in [-0.3, -0.25) is 0 Å². The van der Waals surface area contributed by atoms with Gasteiger partial charge in [-0.1, -0.05) is 72.8 Å². The van der Waals surface area contributed by atoms with Gasteiger partial charge in [0.15, 0.2) is 0 Å². The fourth-order valence-electron chi connectivity index (χ4n) is 4.26. The Kier molecular flexibility index (Phi) is 17.4. The molecule has 6 atom stereocenters. The highest BCUT2D eigenvalue weighted by Gasteiger charge is 2.60. The van der Waals surface area contributed by atoms with Crippen LogP contribution in [0.1, 0.15) is 98.8 Å². The molecule has 0 aromatic heterocycles. The highest BCUT2D eigenvalue weighted by Crippen LogP contribution is 2.40. The van der Waals surface area contributed by atoms with Crippen LogP contribution < -0.4 is 0 Å². The van der Waals surface area contributed by atoms with Crippen LogP contribution in [0.25, 0.3) is 0 Å². The van der Waals surface area contributed by atoms with Gasteiger partial charge in [0.25, 0.3) is 0 Å². The SMILES string of the molecule is C=C[C@]1(O)C(OCCCC)C(OCCCC)[C@H](OCCCC)C(OCCCC)[C@@H]1OCCCC. The maximum absolute atomic E-state index is 12.1. The minimum absolute atomic E-state index is 0.390. The van der Waals surface area contributed by atoms with Crippen LogP contribution in [0.15, 0.2) is 12.7 Å². The average molecular weight is 487 g/mol. The van der Waals surface area contributed by atoms with Crippen molar-refractivity contribution in [3.8, 4) is 0 Å². The Morgan fingerprint density at radius 3 is 1.15 bits per heavy atom. The van der Waals surface area contributed by atoms with E-state index in [4.69, 9.17) is 23.7 Å². The Morgan fingerprint density at radius 2 is 0.853 bits per heavy atom. The summed E-state index contributed by atoms with van der Waals surface area (Å²) in [5.41, 5.74) is -1.44. The summed E-state index contributed by atoms with van der Waals surface area (Å²) in [7, 11) is 0. The van der Waals surface area contributed by atoms with Crippen molar-refractivity contribution in [1.29, 1.82) is 0 Å². The van der Waals surface area contributed by atoms with Gasteiger partial charge in [0.2, 0.25) is 0 Å². The van der Waals surface area contributed by atoms with Gasteiger partial charge in [0, 0.05) is 33.0 Å². The van der Waals surface area contributed by atoms with E-state index in [1.54, 1.807) is 6.08 Å². The van der Waals surface area contributed by atoms with E-state index in [1.165, 1.54) is 0 Å². The molecule has 0 heterocycles. The molecule has 0 aromatic rings. The predicted molar refractivity (Wildman–Crippen MR) is 138 cm³/mol. The van der Waals surface area contributed by atoms with E-state index in [9.17, 15) is 5.11 Å². The van der Waals surface area contributed by atoms with Gasteiger partial charge in [-0.2, -0.15) is 0 Å². The Bertz CT molecular complexity index is 467. The van der Waals surface area contributed by atoms with Gasteiger partial charge in [0.05, 0.1) is 0 Å². The Hall–Kier alpha value is -0.500. The maximum atomic E-state index is 12.1. The fourth-order valence-corrected chi connectivity index (χ4v) is 4.26. The van der Waals surface area contributed by atoms with E-state index in [1.807, 2.05) is 0 Å². The van der Waals surface area contributed by atoms with Gasteiger partial charge < -0.3 is 28.8 Å². The summed E-state index contributed by atoms with van der Waals surface area (Å²) in [6.07, 6.45) is 8.72. The molecule has 1 rings (SSSR count). The molecule has 6 nitrogen and oxygen atoms in total. The third-order valence-electron chi connectivity index (χ3n) is 6.50. The number of hydrogen-bond donors (Lipinski definition) is 1. The molecule has 202 valence electrons. The summed E-state index contributed by atoms with van der Waals surface area (Å²) in [5, 5.41) is 12.1. The first-order chi connectivity index (χ1) is 16.5. The number of aliphatic hydroxyl groups is 1. The molecule has 1 saturated carbocycles. The first kappa shape index (κ1) is 31.5. The monoisotopic (exact) mass is 486 g/mol. The zero-order valence-electron chi connectivity index (χ0n) is 22.8. The summed E-state index contributed by atoms with van der Waals surface area (Å²) in [6.45, 7) is 17.6. The van der Waals surface area contributed by atoms with Crippen LogP contribution in [0, 0.1) is 0 Å². The first-order valence-electron chi connectivity index (χ1n) is 14.0. The lowest BCUT2D eigenvalue weighted by atomic mass is 9.74. The molecule has 0 aromatic carbocycles. The van der Waals surface area contributed by atoms with Crippen LogP contribution in [0.2, 0.25) is 0 Å². The summed E-state index contributed by atoms with van der Waals surface area (Å²) < 4.78 is 32.0. The van der Waals surface area contributed by atoms with Gasteiger partial charge in [-0.25, -0.2) is 0 Å².